The molecule has 1 heterocycles. The molecule has 0 bridgehead atoms. The van der Waals surface area contributed by atoms with Crippen molar-refractivity contribution in [1.82, 2.24) is 14.8 Å². The van der Waals surface area contributed by atoms with E-state index in [4.69, 9.17) is 10.5 Å². The summed E-state index contributed by atoms with van der Waals surface area (Å²) in [4.78, 5) is 4.36. The van der Waals surface area contributed by atoms with Gasteiger partial charge in [0.15, 0.2) is 0 Å². The molecule has 5 nitrogen and oxygen atoms in total. The first kappa shape index (κ1) is 15.5. The zero-order valence-corrected chi connectivity index (χ0v) is 13.2. The summed E-state index contributed by atoms with van der Waals surface area (Å²) in [5.41, 5.74) is 7.06. The maximum Gasteiger partial charge on any atom is 0.138 e. The Kier molecular flexibility index (Phi) is 4.63. The maximum atomic E-state index is 6.50. The summed E-state index contributed by atoms with van der Waals surface area (Å²) in [5, 5.41) is 4.29. The Morgan fingerprint density at radius 3 is 2.52 bits per heavy atom. The van der Waals surface area contributed by atoms with Gasteiger partial charge in [-0.25, -0.2) is 9.67 Å². The molecule has 2 rings (SSSR count). The van der Waals surface area contributed by atoms with E-state index in [1.165, 1.54) is 0 Å². The van der Waals surface area contributed by atoms with Crippen LogP contribution < -0.4 is 10.5 Å². The van der Waals surface area contributed by atoms with Crippen LogP contribution in [0.1, 0.15) is 32.2 Å². The summed E-state index contributed by atoms with van der Waals surface area (Å²) in [5.74, 6) is 2.28. The summed E-state index contributed by atoms with van der Waals surface area (Å²) < 4.78 is 7.13. The molecule has 114 valence electrons. The van der Waals surface area contributed by atoms with E-state index in [1.807, 2.05) is 35.9 Å². The van der Waals surface area contributed by atoms with Crippen LogP contribution in [0.25, 0.3) is 0 Å². The van der Waals surface area contributed by atoms with Crippen molar-refractivity contribution in [2.75, 3.05) is 7.11 Å². The molecule has 0 aliphatic heterocycles. The Balaban J connectivity index is 2.18. The summed E-state index contributed by atoms with van der Waals surface area (Å²) in [6.07, 6.45) is 2.24. The Morgan fingerprint density at radius 2 is 1.95 bits per heavy atom. The molecule has 0 saturated carbocycles. The molecule has 0 fully saturated rings. The molecule has 2 aromatic rings. The zero-order valence-electron chi connectivity index (χ0n) is 13.2. The van der Waals surface area contributed by atoms with Crippen LogP contribution in [0.3, 0.4) is 0 Å². The highest BCUT2D eigenvalue weighted by atomic mass is 16.5. The average molecular weight is 288 g/mol. The average Bonchev–Trinajstić information content (AvgIpc) is 2.84. The zero-order chi connectivity index (χ0) is 15.5. The van der Waals surface area contributed by atoms with E-state index in [9.17, 15) is 0 Å². The van der Waals surface area contributed by atoms with Gasteiger partial charge in [-0.2, -0.15) is 5.10 Å². The number of aromatic nitrogens is 3. The predicted octanol–water partition coefficient (Wildman–Crippen LogP) is 2.36. The molecule has 0 amide bonds. The summed E-state index contributed by atoms with van der Waals surface area (Å²) in [7, 11) is 1.66. The normalized spacial score (nSPS) is 14.2. The number of nitrogens with zero attached hydrogens (tertiary/aromatic N) is 3. The summed E-state index contributed by atoms with van der Waals surface area (Å²) in [6, 6.07) is 7.86. The van der Waals surface area contributed by atoms with Crippen molar-refractivity contribution in [2.24, 2.45) is 11.7 Å². The molecule has 1 atom stereocenters. The van der Waals surface area contributed by atoms with Crippen LogP contribution in [0, 0.1) is 5.92 Å². The van der Waals surface area contributed by atoms with Crippen molar-refractivity contribution >= 4 is 0 Å². The van der Waals surface area contributed by atoms with Crippen molar-refractivity contribution in [1.29, 1.82) is 0 Å². The fourth-order valence-electron chi connectivity index (χ4n) is 2.33. The molecule has 1 unspecified atom stereocenters. The van der Waals surface area contributed by atoms with Gasteiger partial charge in [0, 0.05) is 18.5 Å². The van der Waals surface area contributed by atoms with Gasteiger partial charge in [0.2, 0.25) is 0 Å². The van der Waals surface area contributed by atoms with E-state index in [1.54, 1.807) is 13.4 Å². The Bertz CT molecular complexity index is 572. The van der Waals surface area contributed by atoms with Gasteiger partial charge in [-0.05, 0) is 30.5 Å². The number of benzene rings is 1. The standard InChI is InChI=1S/C16H24N4O/c1-12(2)10-20-15(18-11-19-20)9-16(3,17)13-5-7-14(21-4)8-6-13/h5-8,11-12H,9-10,17H2,1-4H3. The number of nitrogens with two attached hydrogens (primary N) is 1. The summed E-state index contributed by atoms with van der Waals surface area (Å²) >= 11 is 0. The third-order valence-electron chi connectivity index (χ3n) is 3.51. The topological polar surface area (TPSA) is 66.0 Å². The first-order valence-corrected chi connectivity index (χ1v) is 7.22. The van der Waals surface area contributed by atoms with Crippen LogP contribution >= 0.6 is 0 Å². The van der Waals surface area contributed by atoms with Gasteiger partial charge >= 0.3 is 0 Å². The molecule has 0 saturated heterocycles. The second-order valence-electron chi connectivity index (χ2n) is 6.07. The van der Waals surface area contributed by atoms with E-state index in [0.29, 0.717) is 12.3 Å². The highest BCUT2D eigenvalue weighted by Crippen LogP contribution is 2.24. The molecule has 1 aromatic heterocycles. The quantitative estimate of drug-likeness (QED) is 0.886. The lowest BCUT2D eigenvalue weighted by Crippen LogP contribution is -2.36. The maximum absolute atomic E-state index is 6.50. The number of ether oxygens (including phenoxy) is 1. The van der Waals surface area contributed by atoms with E-state index in [0.717, 1.165) is 23.7 Å². The lowest BCUT2D eigenvalue weighted by molar-refractivity contribution is 0.410. The second-order valence-corrected chi connectivity index (χ2v) is 6.07. The molecule has 0 aliphatic rings. The first-order chi connectivity index (χ1) is 9.92. The molecule has 1 aromatic carbocycles. The minimum absolute atomic E-state index is 0.492. The monoisotopic (exact) mass is 288 g/mol. The Morgan fingerprint density at radius 1 is 1.29 bits per heavy atom. The number of hydrogen-bond donors (Lipinski definition) is 1. The highest BCUT2D eigenvalue weighted by Gasteiger charge is 2.24. The third-order valence-corrected chi connectivity index (χ3v) is 3.51. The van der Waals surface area contributed by atoms with Crippen molar-refractivity contribution < 1.29 is 4.74 Å². The minimum Gasteiger partial charge on any atom is -0.497 e. The van der Waals surface area contributed by atoms with E-state index < -0.39 is 5.54 Å². The molecule has 0 aliphatic carbocycles. The van der Waals surface area contributed by atoms with Crippen LogP contribution in [0.4, 0.5) is 0 Å². The lowest BCUT2D eigenvalue weighted by Gasteiger charge is -2.25. The number of rotatable bonds is 6. The van der Waals surface area contributed by atoms with Crippen LogP contribution in [0.2, 0.25) is 0 Å². The molecule has 0 spiro atoms. The predicted molar refractivity (Wildman–Crippen MR) is 83.1 cm³/mol. The molecular formula is C16H24N4O. The van der Waals surface area contributed by atoms with Crippen LogP contribution in [-0.4, -0.2) is 21.9 Å². The molecule has 21 heavy (non-hydrogen) atoms. The van der Waals surface area contributed by atoms with E-state index in [-0.39, 0.29) is 0 Å². The Hall–Kier alpha value is -1.88. The van der Waals surface area contributed by atoms with E-state index in [2.05, 4.69) is 23.9 Å². The second kappa shape index (κ2) is 6.26. The Labute approximate surface area is 126 Å². The van der Waals surface area contributed by atoms with Crippen LogP contribution in [0.15, 0.2) is 30.6 Å². The van der Waals surface area contributed by atoms with Gasteiger partial charge in [0.25, 0.3) is 0 Å². The van der Waals surface area contributed by atoms with Gasteiger partial charge in [0.1, 0.15) is 17.9 Å². The molecular weight excluding hydrogens is 264 g/mol. The van der Waals surface area contributed by atoms with Gasteiger partial charge < -0.3 is 10.5 Å². The van der Waals surface area contributed by atoms with Gasteiger partial charge in [-0.15, -0.1) is 0 Å². The third kappa shape index (κ3) is 3.82. The number of methoxy groups -OCH3 is 1. The van der Waals surface area contributed by atoms with Crippen molar-refractivity contribution in [3.8, 4) is 5.75 Å². The molecule has 0 radical (unpaired) electrons. The highest BCUT2D eigenvalue weighted by molar-refractivity contribution is 5.31. The lowest BCUT2D eigenvalue weighted by atomic mass is 9.89. The van der Waals surface area contributed by atoms with Crippen LogP contribution in [0.5, 0.6) is 5.75 Å². The van der Waals surface area contributed by atoms with Gasteiger partial charge in [0.05, 0.1) is 7.11 Å². The van der Waals surface area contributed by atoms with Crippen molar-refractivity contribution in [3.05, 3.63) is 42.0 Å². The SMILES string of the molecule is COc1ccc(C(C)(N)Cc2ncnn2CC(C)C)cc1. The van der Waals surface area contributed by atoms with Gasteiger partial charge in [-0.3, -0.25) is 0 Å². The van der Waals surface area contributed by atoms with Crippen molar-refractivity contribution in [3.63, 3.8) is 0 Å². The number of hydrogen-bond acceptors (Lipinski definition) is 4. The largest absolute Gasteiger partial charge is 0.497 e. The van der Waals surface area contributed by atoms with Gasteiger partial charge in [-0.1, -0.05) is 26.0 Å². The molecule has 5 heteroatoms. The van der Waals surface area contributed by atoms with Crippen LogP contribution in [-0.2, 0) is 18.5 Å². The summed E-state index contributed by atoms with van der Waals surface area (Å²) in [6.45, 7) is 7.20. The fourth-order valence-corrected chi connectivity index (χ4v) is 2.33. The fraction of sp³-hybridized carbons (Fsp3) is 0.500. The molecule has 2 N–H and O–H groups in total. The van der Waals surface area contributed by atoms with E-state index >= 15 is 0 Å². The smallest absolute Gasteiger partial charge is 0.138 e. The van der Waals surface area contributed by atoms with Crippen molar-refractivity contribution in [2.45, 2.75) is 39.3 Å². The minimum atomic E-state index is -0.492. The first-order valence-electron chi connectivity index (χ1n) is 7.22.